The van der Waals surface area contributed by atoms with Gasteiger partial charge in [0.2, 0.25) is 0 Å². The lowest BCUT2D eigenvalue weighted by Crippen LogP contribution is -2.35. The molecule has 18 heavy (non-hydrogen) atoms. The van der Waals surface area contributed by atoms with E-state index in [0.717, 1.165) is 19.4 Å². The normalized spacial score (nSPS) is 12.4. The van der Waals surface area contributed by atoms with Crippen LogP contribution in [0.1, 0.15) is 25.3 Å². The summed E-state index contributed by atoms with van der Waals surface area (Å²) in [7, 11) is 1.62. The Labute approximate surface area is 110 Å². The second-order valence-electron chi connectivity index (χ2n) is 4.74. The van der Waals surface area contributed by atoms with Gasteiger partial charge in [0.05, 0.1) is 12.7 Å². The van der Waals surface area contributed by atoms with Gasteiger partial charge in [-0.05, 0) is 25.5 Å². The van der Waals surface area contributed by atoms with Gasteiger partial charge in [0.15, 0.2) is 0 Å². The van der Waals surface area contributed by atoms with E-state index in [4.69, 9.17) is 4.74 Å². The molecule has 1 aromatic carbocycles. The van der Waals surface area contributed by atoms with Gasteiger partial charge >= 0.3 is 0 Å². The number of hydrogen-bond donors (Lipinski definition) is 1. The van der Waals surface area contributed by atoms with E-state index in [0.29, 0.717) is 13.2 Å². The minimum Gasteiger partial charge on any atom is -0.389 e. The molecule has 3 heteroatoms. The van der Waals surface area contributed by atoms with Gasteiger partial charge in [-0.1, -0.05) is 31.0 Å². The largest absolute Gasteiger partial charge is 0.389 e. The molecular formula is C15H25NO2. The molecule has 0 aromatic heterocycles. The Morgan fingerprint density at radius 1 is 1.28 bits per heavy atom. The predicted octanol–water partition coefficient (Wildman–Crippen LogP) is 2.61. The Balaban J connectivity index is 2.67. The van der Waals surface area contributed by atoms with Crippen molar-refractivity contribution < 1.29 is 9.84 Å². The fraction of sp³-hybridized carbons (Fsp3) is 0.600. The number of unbranched alkanes of at least 4 members (excludes halogenated alkanes) is 1. The van der Waals surface area contributed by atoms with Gasteiger partial charge in [-0.25, -0.2) is 0 Å². The van der Waals surface area contributed by atoms with Crippen LogP contribution in [0.4, 0.5) is 5.69 Å². The molecular weight excluding hydrogens is 226 g/mol. The summed E-state index contributed by atoms with van der Waals surface area (Å²) in [5, 5.41) is 9.87. The fourth-order valence-electron chi connectivity index (χ4n) is 1.93. The summed E-state index contributed by atoms with van der Waals surface area (Å²) in [6.45, 7) is 6.24. The van der Waals surface area contributed by atoms with Crippen LogP contribution < -0.4 is 4.90 Å². The number of aryl methyl sites for hydroxylation is 1. The van der Waals surface area contributed by atoms with Gasteiger partial charge in [0.1, 0.15) is 0 Å². The van der Waals surface area contributed by atoms with Crippen molar-refractivity contribution in [2.45, 2.75) is 32.8 Å². The summed E-state index contributed by atoms with van der Waals surface area (Å²) in [5.41, 5.74) is 2.43. The van der Waals surface area contributed by atoms with E-state index >= 15 is 0 Å². The monoisotopic (exact) mass is 251 g/mol. The first-order valence-electron chi connectivity index (χ1n) is 6.66. The lowest BCUT2D eigenvalue weighted by atomic mass is 10.2. The van der Waals surface area contributed by atoms with Crippen LogP contribution in [0.3, 0.4) is 0 Å². The first kappa shape index (κ1) is 15.0. The van der Waals surface area contributed by atoms with Gasteiger partial charge in [0.25, 0.3) is 0 Å². The van der Waals surface area contributed by atoms with Crippen molar-refractivity contribution in [1.82, 2.24) is 0 Å². The Morgan fingerprint density at radius 3 is 2.50 bits per heavy atom. The number of benzene rings is 1. The summed E-state index contributed by atoms with van der Waals surface area (Å²) in [6.07, 6.45) is 1.85. The molecule has 1 atom stereocenters. The third-order valence-electron chi connectivity index (χ3n) is 2.97. The number of anilines is 1. The predicted molar refractivity (Wildman–Crippen MR) is 76.2 cm³/mol. The molecule has 0 aliphatic rings. The Kier molecular flexibility index (Phi) is 6.76. The maximum Gasteiger partial charge on any atom is 0.0947 e. The summed E-state index contributed by atoms with van der Waals surface area (Å²) < 4.78 is 4.99. The molecule has 0 heterocycles. The molecule has 0 saturated carbocycles. The third kappa shape index (κ3) is 5.07. The highest BCUT2D eigenvalue weighted by Crippen LogP contribution is 2.16. The molecule has 1 unspecified atom stereocenters. The topological polar surface area (TPSA) is 32.7 Å². The molecule has 0 bridgehead atoms. The van der Waals surface area contributed by atoms with Gasteiger partial charge < -0.3 is 14.7 Å². The van der Waals surface area contributed by atoms with E-state index in [1.807, 2.05) is 0 Å². The molecule has 0 radical (unpaired) electrons. The Morgan fingerprint density at radius 2 is 1.94 bits per heavy atom. The molecule has 1 N–H and O–H groups in total. The van der Waals surface area contributed by atoms with Crippen molar-refractivity contribution in [3.63, 3.8) is 0 Å². The highest BCUT2D eigenvalue weighted by atomic mass is 16.5. The first-order chi connectivity index (χ1) is 8.67. The molecule has 0 amide bonds. The smallest absolute Gasteiger partial charge is 0.0947 e. The molecule has 3 nitrogen and oxygen atoms in total. The van der Waals surface area contributed by atoms with Crippen LogP contribution in [0.2, 0.25) is 0 Å². The van der Waals surface area contributed by atoms with Crippen LogP contribution in [0, 0.1) is 6.92 Å². The maximum absolute atomic E-state index is 9.87. The number of aliphatic hydroxyl groups excluding tert-OH is 1. The second-order valence-corrected chi connectivity index (χ2v) is 4.74. The highest BCUT2D eigenvalue weighted by molar-refractivity contribution is 5.47. The average Bonchev–Trinajstić information content (AvgIpc) is 2.36. The van der Waals surface area contributed by atoms with Crippen molar-refractivity contribution in [2.24, 2.45) is 0 Å². The molecule has 0 aliphatic carbocycles. The number of nitrogens with zero attached hydrogens (tertiary/aromatic N) is 1. The van der Waals surface area contributed by atoms with Gasteiger partial charge in [0, 0.05) is 25.9 Å². The number of hydrogen-bond acceptors (Lipinski definition) is 3. The Bertz CT molecular complexity index is 324. The molecule has 0 fully saturated rings. The standard InChI is InChI=1S/C15H25NO2/c1-4-5-10-16(11-15(17)12-18-3)14-8-6-13(2)7-9-14/h6-9,15,17H,4-5,10-12H2,1-3H3. The van der Waals surface area contributed by atoms with E-state index in [1.54, 1.807) is 7.11 Å². The zero-order valence-electron chi connectivity index (χ0n) is 11.7. The molecule has 0 spiro atoms. The molecule has 0 aliphatic heterocycles. The third-order valence-corrected chi connectivity index (χ3v) is 2.97. The molecule has 0 saturated heterocycles. The number of ether oxygens (including phenoxy) is 1. The zero-order chi connectivity index (χ0) is 13.4. The fourth-order valence-corrected chi connectivity index (χ4v) is 1.93. The summed E-state index contributed by atoms with van der Waals surface area (Å²) >= 11 is 0. The van der Waals surface area contributed by atoms with Crippen LogP contribution in [0.5, 0.6) is 0 Å². The zero-order valence-corrected chi connectivity index (χ0v) is 11.7. The summed E-state index contributed by atoms with van der Waals surface area (Å²) in [4.78, 5) is 2.23. The van der Waals surface area contributed by atoms with Crippen molar-refractivity contribution in [3.05, 3.63) is 29.8 Å². The van der Waals surface area contributed by atoms with Gasteiger partial charge in [-0.2, -0.15) is 0 Å². The lowest BCUT2D eigenvalue weighted by Gasteiger charge is -2.27. The van der Waals surface area contributed by atoms with Crippen LogP contribution in [0.25, 0.3) is 0 Å². The summed E-state index contributed by atoms with van der Waals surface area (Å²) in [6, 6.07) is 8.45. The van der Waals surface area contributed by atoms with Gasteiger partial charge in [-0.15, -0.1) is 0 Å². The lowest BCUT2D eigenvalue weighted by molar-refractivity contribution is 0.0688. The van der Waals surface area contributed by atoms with Crippen molar-refractivity contribution in [3.8, 4) is 0 Å². The van der Waals surface area contributed by atoms with E-state index in [2.05, 4.69) is 43.0 Å². The van der Waals surface area contributed by atoms with Gasteiger partial charge in [-0.3, -0.25) is 0 Å². The SMILES string of the molecule is CCCCN(CC(O)COC)c1ccc(C)cc1. The first-order valence-corrected chi connectivity index (χ1v) is 6.66. The maximum atomic E-state index is 9.87. The van der Waals surface area contributed by atoms with E-state index in [-0.39, 0.29) is 0 Å². The van der Waals surface area contributed by atoms with Crippen molar-refractivity contribution >= 4 is 5.69 Å². The van der Waals surface area contributed by atoms with Crippen LogP contribution in [-0.2, 0) is 4.74 Å². The minimum atomic E-state index is -0.437. The minimum absolute atomic E-state index is 0.383. The molecule has 102 valence electrons. The van der Waals surface area contributed by atoms with Crippen molar-refractivity contribution in [1.29, 1.82) is 0 Å². The number of aliphatic hydroxyl groups is 1. The van der Waals surface area contributed by atoms with E-state index in [9.17, 15) is 5.11 Å². The number of rotatable bonds is 8. The quantitative estimate of drug-likeness (QED) is 0.771. The van der Waals surface area contributed by atoms with Crippen LogP contribution in [-0.4, -0.2) is 38.0 Å². The Hall–Kier alpha value is -1.06. The number of methoxy groups -OCH3 is 1. The molecule has 1 aromatic rings. The summed E-state index contributed by atoms with van der Waals surface area (Å²) in [5.74, 6) is 0. The van der Waals surface area contributed by atoms with Crippen LogP contribution >= 0.6 is 0 Å². The second kappa shape index (κ2) is 8.11. The van der Waals surface area contributed by atoms with Crippen LogP contribution in [0.15, 0.2) is 24.3 Å². The average molecular weight is 251 g/mol. The van der Waals surface area contributed by atoms with E-state index < -0.39 is 6.10 Å². The highest BCUT2D eigenvalue weighted by Gasteiger charge is 2.11. The van der Waals surface area contributed by atoms with E-state index in [1.165, 1.54) is 11.3 Å². The van der Waals surface area contributed by atoms with Crippen molar-refractivity contribution in [2.75, 3.05) is 31.7 Å². The molecule has 1 rings (SSSR count).